The number of pyridine rings is 1. The standard InChI is InChI=1S/C50H58Cl2N6O6S/c1-50(2)17-15-37(44(30-50)35-5-7-38(51)8-6-35)32-56-19-21-57(22-20-56)40-11-13-43(47(28-40)64-41-27-36-16-18-53-48(36)54-31-41)49(59)55-65(60,61)42-12-14-46(45(52)29-42)63-33-34-3-9-39(10-4-34)58-23-25-62-26-24-58/h5-8,11-14,16,18,27-31,34,37,39H,3-4,9-10,15,17,19-26,32-33H2,1-2H3,(H,53,54)(H,55,59)/t34-,37?,39-. The molecule has 15 heteroatoms. The quantitative estimate of drug-likeness (QED) is 0.118. The molecule has 2 aromatic heterocycles. The lowest BCUT2D eigenvalue weighted by Crippen LogP contribution is -2.48. The van der Waals surface area contributed by atoms with E-state index in [1.165, 1.54) is 23.3 Å². The van der Waals surface area contributed by atoms with Crippen molar-refractivity contribution in [2.45, 2.75) is 63.3 Å². The summed E-state index contributed by atoms with van der Waals surface area (Å²) in [5.74, 6) is 0.993. The first-order valence-corrected chi connectivity index (χ1v) is 25.1. The highest BCUT2D eigenvalue weighted by Gasteiger charge is 2.32. The summed E-state index contributed by atoms with van der Waals surface area (Å²) in [6.07, 6.45) is 12.4. The summed E-state index contributed by atoms with van der Waals surface area (Å²) >= 11 is 12.9. The predicted molar refractivity (Wildman–Crippen MR) is 257 cm³/mol. The normalized spacial score (nSPS) is 22.1. The lowest BCUT2D eigenvalue weighted by molar-refractivity contribution is 0.00304. The number of sulfonamides is 1. The number of rotatable bonds is 13. The van der Waals surface area contributed by atoms with E-state index in [1.807, 2.05) is 30.3 Å². The van der Waals surface area contributed by atoms with Crippen molar-refractivity contribution in [1.82, 2.24) is 24.5 Å². The van der Waals surface area contributed by atoms with Crippen molar-refractivity contribution in [2.75, 3.05) is 70.5 Å². The van der Waals surface area contributed by atoms with Crippen LogP contribution in [0.2, 0.25) is 10.0 Å². The lowest BCUT2D eigenvalue weighted by atomic mass is 9.72. The van der Waals surface area contributed by atoms with Crippen molar-refractivity contribution in [1.29, 1.82) is 0 Å². The molecule has 2 N–H and O–H groups in total. The molecule has 3 fully saturated rings. The number of aromatic amines is 1. The largest absolute Gasteiger partial charge is 0.492 e. The van der Waals surface area contributed by atoms with Crippen LogP contribution in [0.25, 0.3) is 16.6 Å². The number of piperazine rings is 1. The Labute approximate surface area is 392 Å². The fraction of sp³-hybridized carbons (Fsp3) is 0.440. The second-order valence-corrected chi connectivity index (χ2v) is 21.2. The maximum absolute atomic E-state index is 14.0. The third-order valence-corrected chi connectivity index (χ3v) is 15.5. The second kappa shape index (κ2) is 19.7. The first-order valence-electron chi connectivity index (χ1n) is 22.9. The van der Waals surface area contributed by atoms with Gasteiger partial charge in [-0.3, -0.25) is 14.6 Å². The molecule has 5 aromatic rings. The van der Waals surface area contributed by atoms with E-state index in [4.69, 9.17) is 37.4 Å². The number of aromatic nitrogens is 2. The zero-order chi connectivity index (χ0) is 45.1. The molecule has 2 saturated heterocycles. The molecule has 9 rings (SSSR count). The van der Waals surface area contributed by atoms with Crippen molar-refractivity contribution >= 4 is 61.4 Å². The SMILES string of the molecule is CC1(C)C=C(c2ccc(Cl)cc2)C(CN2CCN(c3ccc(C(=O)NS(=O)(=O)c4ccc(OC[C@H]5CC[C@H](N6CCOCC6)CC5)c(Cl)c4)c(Oc4cnc5[nH]ccc5c4)c3)CC2)CC1. The van der Waals surface area contributed by atoms with Gasteiger partial charge in [0.15, 0.2) is 0 Å². The van der Waals surface area contributed by atoms with Gasteiger partial charge in [-0.15, -0.1) is 0 Å². The van der Waals surface area contributed by atoms with Gasteiger partial charge in [0.1, 0.15) is 22.9 Å². The van der Waals surface area contributed by atoms with Gasteiger partial charge in [-0.2, -0.15) is 0 Å². The number of nitrogens with zero attached hydrogens (tertiary/aromatic N) is 4. The maximum atomic E-state index is 14.0. The molecule has 0 bridgehead atoms. The van der Waals surface area contributed by atoms with Crippen molar-refractivity contribution < 1.29 is 27.4 Å². The van der Waals surface area contributed by atoms with Gasteiger partial charge in [-0.1, -0.05) is 55.3 Å². The third kappa shape index (κ3) is 11.0. The number of allylic oxidation sites excluding steroid dienone is 1. The number of carbonyl (C=O) groups excluding carboxylic acids is 1. The number of anilines is 1. The van der Waals surface area contributed by atoms with E-state index in [2.05, 4.69) is 61.4 Å². The number of benzene rings is 3. The average Bonchev–Trinajstić information content (AvgIpc) is 3.78. The Morgan fingerprint density at radius 1 is 0.892 bits per heavy atom. The van der Waals surface area contributed by atoms with E-state index in [0.29, 0.717) is 41.6 Å². The van der Waals surface area contributed by atoms with Crippen LogP contribution in [0.15, 0.2) is 96.2 Å². The monoisotopic (exact) mass is 940 g/mol. The van der Waals surface area contributed by atoms with Crippen LogP contribution in [0.4, 0.5) is 5.69 Å². The van der Waals surface area contributed by atoms with E-state index in [0.717, 1.165) is 114 Å². The van der Waals surface area contributed by atoms with Gasteiger partial charge in [0.25, 0.3) is 15.9 Å². The average molecular weight is 942 g/mol. The highest BCUT2D eigenvalue weighted by molar-refractivity contribution is 7.90. The summed E-state index contributed by atoms with van der Waals surface area (Å²) < 4.78 is 47.8. The summed E-state index contributed by atoms with van der Waals surface area (Å²) in [5, 5.41) is 1.73. The molecule has 344 valence electrons. The van der Waals surface area contributed by atoms with Gasteiger partial charge in [0.05, 0.1) is 41.5 Å². The smallest absolute Gasteiger partial charge is 0.268 e. The molecule has 3 aromatic carbocycles. The van der Waals surface area contributed by atoms with Gasteiger partial charge < -0.3 is 24.1 Å². The number of H-pyrrole nitrogens is 1. The number of hydrogen-bond donors (Lipinski definition) is 2. The van der Waals surface area contributed by atoms with Crippen LogP contribution in [-0.4, -0.2) is 106 Å². The first-order chi connectivity index (χ1) is 31.4. The molecular weight excluding hydrogens is 884 g/mol. The van der Waals surface area contributed by atoms with Crippen molar-refractivity contribution in [3.8, 4) is 17.2 Å². The number of halogens is 2. The Kier molecular flexibility index (Phi) is 13.8. The summed E-state index contributed by atoms with van der Waals surface area (Å²) in [7, 11) is -4.34. The van der Waals surface area contributed by atoms with Crippen molar-refractivity contribution in [2.24, 2.45) is 17.3 Å². The fourth-order valence-corrected chi connectivity index (χ4v) is 11.3. The van der Waals surface area contributed by atoms with Crippen molar-refractivity contribution in [3.05, 3.63) is 112 Å². The van der Waals surface area contributed by atoms with Crippen molar-refractivity contribution in [3.63, 3.8) is 0 Å². The zero-order valence-electron chi connectivity index (χ0n) is 37.1. The van der Waals surface area contributed by atoms with Crippen LogP contribution in [0.5, 0.6) is 17.2 Å². The maximum Gasteiger partial charge on any atom is 0.268 e. The number of nitrogens with one attached hydrogen (secondary N) is 2. The fourth-order valence-electron chi connectivity index (χ4n) is 9.87. The summed E-state index contributed by atoms with van der Waals surface area (Å²) in [6.45, 7) is 12.9. The van der Waals surface area contributed by atoms with Crippen LogP contribution >= 0.6 is 23.2 Å². The molecular formula is C50H58Cl2N6O6S. The van der Waals surface area contributed by atoms with Crippen LogP contribution in [0.3, 0.4) is 0 Å². The molecule has 65 heavy (non-hydrogen) atoms. The minimum absolute atomic E-state index is 0.0567. The molecule has 2 aliphatic heterocycles. The van der Waals surface area contributed by atoms with Gasteiger partial charge in [-0.25, -0.2) is 18.1 Å². The Balaban J connectivity index is 0.862. The number of fused-ring (bicyclic) bond motifs is 1. The zero-order valence-corrected chi connectivity index (χ0v) is 39.4. The molecule has 0 radical (unpaired) electrons. The first kappa shape index (κ1) is 45.5. The van der Waals surface area contributed by atoms with Crippen LogP contribution in [-0.2, 0) is 14.8 Å². The predicted octanol–water partition coefficient (Wildman–Crippen LogP) is 9.69. The number of amides is 1. The van der Waals surface area contributed by atoms with E-state index in [-0.39, 0.29) is 26.6 Å². The Morgan fingerprint density at radius 2 is 1.66 bits per heavy atom. The second-order valence-electron chi connectivity index (χ2n) is 18.6. The summed E-state index contributed by atoms with van der Waals surface area (Å²) in [6, 6.07) is 22.1. The van der Waals surface area contributed by atoms with Gasteiger partial charge in [0, 0.05) is 80.2 Å². The Hall–Kier alpha value is -4.63. The van der Waals surface area contributed by atoms with E-state index in [9.17, 15) is 13.2 Å². The molecule has 12 nitrogen and oxygen atoms in total. The topological polar surface area (TPSA) is 129 Å². The Bertz CT molecular complexity index is 2620. The number of carbonyl (C=O) groups is 1. The van der Waals surface area contributed by atoms with E-state index < -0.39 is 15.9 Å². The van der Waals surface area contributed by atoms with Crippen LogP contribution in [0.1, 0.15) is 68.3 Å². The molecule has 2 aliphatic carbocycles. The van der Waals surface area contributed by atoms with Crippen LogP contribution < -0.4 is 19.1 Å². The number of hydrogen-bond acceptors (Lipinski definition) is 10. The van der Waals surface area contributed by atoms with Crippen LogP contribution in [0, 0.1) is 17.3 Å². The molecule has 0 spiro atoms. The summed E-state index contributed by atoms with van der Waals surface area (Å²) in [5.41, 5.74) is 4.38. The summed E-state index contributed by atoms with van der Waals surface area (Å²) in [4.78, 5) is 28.7. The third-order valence-electron chi connectivity index (χ3n) is 13.6. The van der Waals surface area contributed by atoms with Gasteiger partial charge >= 0.3 is 0 Å². The highest BCUT2D eigenvalue weighted by atomic mass is 35.5. The van der Waals surface area contributed by atoms with E-state index in [1.54, 1.807) is 30.6 Å². The molecule has 1 saturated carbocycles. The highest BCUT2D eigenvalue weighted by Crippen LogP contribution is 2.42. The van der Waals surface area contributed by atoms with E-state index >= 15 is 0 Å². The minimum Gasteiger partial charge on any atom is -0.492 e. The molecule has 1 amide bonds. The lowest BCUT2D eigenvalue weighted by Gasteiger charge is -2.40. The number of morpholine rings is 1. The molecule has 4 heterocycles. The van der Waals surface area contributed by atoms with Gasteiger partial charge in [0.2, 0.25) is 0 Å². The minimum atomic E-state index is -4.34. The molecule has 4 aliphatic rings. The Morgan fingerprint density at radius 3 is 2.42 bits per heavy atom. The molecule has 1 atom stereocenters. The van der Waals surface area contributed by atoms with Gasteiger partial charge in [-0.05, 0) is 122 Å². The number of ether oxygens (including phenoxy) is 3. The molecule has 1 unspecified atom stereocenters.